The number of ether oxygens (including phenoxy) is 8. The van der Waals surface area contributed by atoms with Gasteiger partial charge in [-0.25, -0.2) is 24.0 Å². The molecule has 5 aromatic carbocycles. The first-order valence-corrected chi connectivity index (χ1v) is 20.5. The normalized spacial score (nSPS) is 25.4. The van der Waals surface area contributed by atoms with Gasteiger partial charge in [-0.1, -0.05) is 105 Å². The Balaban J connectivity index is 1.30. The van der Waals surface area contributed by atoms with Gasteiger partial charge in [0.15, 0.2) is 30.9 Å². The molecule has 2 saturated heterocycles. The van der Waals surface area contributed by atoms with E-state index in [1.165, 1.54) is 24.3 Å². The molecule has 2 heterocycles. The SMILES string of the molecule is CCC1O[C@@H](O[C@H]2[C@H](OC(=O)c3ccccc3)[C@@H](C)[C@H](O)O[C@@H]2COC(=O)c2ccccc2)[C@H](OC(=O)c2ccccc2)[C@@H](OC(=O)c2ccccc2)[C@H]1OC(=O)c1ccccc1. The molecule has 63 heavy (non-hydrogen) atoms. The van der Waals surface area contributed by atoms with Crippen molar-refractivity contribution in [1.29, 1.82) is 0 Å². The summed E-state index contributed by atoms with van der Waals surface area (Å²) in [4.78, 5) is 68.7. The summed E-state index contributed by atoms with van der Waals surface area (Å²) in [7, 11) is 0. The molecule has 0 aromatic heterocycles. The fraction of sp³-hybridized carbons (Fsp3) is 0.286. The van der Waals surface area contributed by atoms with Gasteiger partial charge in [-0.2, -0.15) is 0 Å². The van der Waals surface area contributed by atoms with Crippen molar-refractivity contribution in [1.82, 2.24) is 0 Å². The van der Waals surface area contributed by atoms with Crippen LogP contribution in [0.4, 0.5) is 0 Å². The zero-order valence-electron chi connectivity index (χ0n) is 34.4. The van der Waals surface area contributed by atoms with Gasteiger partial charge in [0.25, 0.3) is 0 Å². The van der Waals surface area contributed by atoms with E-state index in [2.05, 4.69) is 0 Å². The number of aliphatic hydroxyl groups excluding tert-OH is 1. The highest BCUT2D eigenvalue weighted by Gasteiger charge is 2.56. The number of esters is 5. The molecule has 0 spiro atoms. The van der Waals surface area contributed by atoms with Crippen LogP contribution < -0.4 is 0 Å². The molecule has 0 saturated carbocycles. The standard InChI is InChI=1S/C49H46O14/c1-3-36-39(60-46(53)33-23-13-6-14-24-33)41(61-47(54)34-25-15-7-16-26-34)42(62-48(55)35-27-17-8-18-28-35)49(58-36)63-40-37(29-56-44(51)31-19-9-4-10-20-31)57-43(50)30(2)38(40)59-45(52)32-21-11-5-12-22-32/h4-28,30,36-43,49-50H,3,29H2,1-2H3/t30-,36?,37-,38-,39+,40-,41+,42-,43-,49+/m1/s1. The highest BCUT2D eigenvalue weighted by molar-refractivity contribution is 5.92. The van der Waals surface area contributed by atoms with Crippen LogP contribution in [0, 0.1) is 5.92 Å². The number of carbonyl (C=O) groups excluding carboxylic acids is 5. The Kier molecular flexibility index (Phi) is 14.7. The average Bonchev–Trinajstić information content (AvgIpc) is 3.33. The van der Waals surface area contributed by atoms with Gasteiger partial charge >= 0.3 is 29.8 Å². The molecular weight excluding hydrogens is 813 g/mol. The van der Waals surface area contributed by atoms with E-state index in [-0.39, 0.29) is 34.2 Å². The minimum absolute atomic E-state index is 0.123. The summed E-state index contributed by atoms with van der Waals surface area (Å²) >= 11 is 0. The van der Waals surface area contributed by atoms with Crippen LogP contribution in [-0.4, -0.2) is 96.9 Å². The summed E-state index contributed by atoms with van der Waals surface area (Å²) in [6, 6.07) is 40.5. The zero-order chi connectivity index (χ0) is 44.3. The van der Waals surface area contributed by atoms with E-state index in [0.29, 0.717) is 0 Å². The summed E-state index contributed by atoms with van der Waals surface area (Å²) in [5.74, 6) is -4.91. The number of rotatable bonds is 14. The van der Waals surface area contributed by atoms with Crippen molar-refractivity contribution < 1.29 is 67.0 Å². The van der Waals surface area contributed by atoms with Gasteiger partial charge in [0, 0.05) is 5.92 Å². The van der Waals surface area contributed by atoms with Crippen LogP contribution in [0.1, 0.15) is 72.1 Å². The first-order chi connectivity index (χ1) is 30.6. The maximum atomic E-state index is 14.0. The predicted molar refractivity (Wildman–Crippen MR) is 223 cm³/mol. The lowest BCUT2D eigenvalue weighted by atomic mass is 9.91. The molecule has 1 unspecified atom stereocenters. The molecule has 0 radical (unpaired) electrons. The molecule has 2 aliphatic heterocycles. The monoisotopic (exact) mass is 858 g/mol. The largest absolute Gasteiger partial charge is 0.459 e. The number of aliphatic hydroxyl groups is 1. The molecule has 2 fully saturated rings. The Morgan fingerprint density at radius 3 is 1.24 bits per heavy atom. The minimum Gasteiger partial charge on any atom is -0.459 e. The Labute approximate surface area is 363 Å². The van der Waals surface area contributed by atoms with E-state index in [9.17, 15) is 29.1 Å². The molecule has 14 heteroatoms. The van der Waals surface area contributed by atoms with Crippen molar-refractivity contribution in [3.63, 3.8) is 0 Å². The van der Waals surface area contributed by atoms with Gasteiger partial charge in [-0.05, 0) is 67.1 Å². The van der Waals surface area contributed by atoms with Gasteiger partial charge in [0.05, 0.1) is 27.8 Å². The summed E-state index contributed by atoms with van der Waals surface area (Å²) in [6.07, 6.45) is -12.8. The van der Waals surface area contributed by atoms with E-state index < -0.39 is 97.7 Å². The highest BCUT2D eigenvalue weighted by Crippen LogP contribution is 2.37. The number of carbonyl (C=O) groups is 5. The summed E-state index contributed by atoms with van der Waals surface area (Å²) in [5.41, 5.74) is 0.896. The van der Waals surface area contributed by atoms with Crippen LogP contribution in [0.3, 0.4) is 0 Å². The van der Waals surface area contributed by atoms with Crippen molar-refractivity contribution in [2.75, 3.05) is 6.61 Å². The topological polar surface area (TPSA) is 179 Å². The molecule has 0 bridgehead atoms. The highest BCUT2D eigenvalue weighted by atomic mass is 16.7. The predicted octanol–water partition coefficient (Wildman–Crippen LogP) is 6.62. The Bertz CT molecular complexity index is 2290. The second-order valence-corrected chi connectivity index (χ2v) is 14.9. The number of hydrogen-bond acceptors (Lipinski definition) is 14. The van der Waals surface area contributed by atoms with Crippen LogP contribution >= 0.6 is 0 Å². The van der Waals surface area contributed by atoms with Crippen LogP contribution in [0.25, 0.3) is 0 Å². The fourth-order valence-corrected chi connectivity index (χ4v) is 7.28. The second-order valence-electron chi connectivity index (χ2n) is 14.9. The van der Waals surface area contributed by atoms with Gasteiger partial charge in [-0.3, -0.25) is 0 Å². The molecule has 2 aliphatic rings. The van der Waals surface area contributed by atoms with Crippen LogP contribution in [0.15, 0.2) is 152 Å². The fourth-order valence-electron chi connectivity index (χ4n) is 7.28. The van der Waals surface area contributed by atoms with Gasteiger partial charge in [0.2, 0.25) is 0 Å². The Morgan fingerprint density at radius 1 is 0.460 bits per heavy atom. The van der Waals surface area contributed by atoms with E-state index >= 15 is 0 Å². The molecule has 326 valence electrons. The first-order valence-electron chi connectivity index (χ1n) is 20.5. The van der Waals surface area contributed by atoms with Crippen molar-refractivity contribution in [2.45, 2.75) is 75.6 Å². The molecule has 10 atom stereocenters. The lowest BCUT2D eigenvalue weighted by Gasteiger charge is -2.48. The van der Waals surface area contributed by atoms with Gasteiger partial charge in [0.1, 0.15) is 31.0 Å². The average molecular weight is 859 g/mol. The summed E-state index contributed by atoms with van der Waals surface area (Å²) in [5, 5.41) is 11.2. The molecule has 1 N–H and O–H groups in total. The van der Waals surface area contributed by atoms with E-state index in [1.807, 2.05) is 0 Å². The maximum Gasteiger partial charge on any atom is 0.338 e. The van der Waals surface area contributed by atoms with E-state index in [4.69, 9.17) is 37.9 Å². The molecule has 0 aliphatic carbocycles. The maximum absolute atomic E-state index is 14.0. The third kappa shape index (κ3) is 10.9. The number of benzene rings is 5. The Morgan fingerprint density at radius 2 is 0.825 bits per heavy atom. The van der Waals surface area contributed by atoms with Crippen LogP contribution in [0.5, 0.6) is 0 Å². The molecule has 14 nitrogen and oxygen atoms in total. The van der Waals surface area contributed by atoms with E-state index in [0.717, 1.165) is 0 Å². The summed E-state index contributed by atoms with van der Waals surface area (Å²) < 4.78 is 49.6. The molecule has 5 aromatic rings. The lowest BCUT2D eigenvalue weighted by molar-refractivity contribution is -0.345. The number of hydrogen-bond donors (Lipinski definition) is 1. The van der Waals surface area contributed by atoms with Crippen molar-refractivity contribution in [2.24, 2.45) is 5.92 Å². The second kappa shape index (κ2) is 20.9. The third-order valence-corrected chi connectivity index (χ3v) is 10.7. The smallest absolute Gasteiger partial charge is 0.338 e. The first kappa shape index (κ1) is 44.3. The molecule has 7 rings (SSSR count). The van der Waals surface area contributed by atoms with Crippen molar-refractivity contribution in [3.8, 4) is 0 Å². The van der Waals surface area contributed by atoms with E-state index in [1.54, 1.807) is 141 Å². The Hall–Kier alpha value is -6.71. The minimum atomic E-state index is -1.68. The van der Waals surface area contributed by atoms with Crippen molar-refractivity contribution >= 4 is 29.8 Å². The van der Waals surface area contributed by atoms with Crippen LogP contribution in [0.2, 0.25) is 0 Å². The summed E-state index contributed by atoms with van der Waals surface area (Å²) in [6.45, 7) is 2.81. The zero-order valence-corrected chi connectivity index (χ0v) is 34.4. The quantitative estimate of drug-likeness (QED) is 0.0930. The van der Waals surface area contributed by atoms with Crippen LogP contribution in [-0.2, 0) is 37.9 Å². The lowest BCUT2D eigenvalue weighted by Crippen LogP contribution is -2.65. The molecular formula is C49H46O14. The van der Waals surface area contributed by atoms with Gasteiger partial charge < -0.3 is 43.0 Å². The van der Waals surface area contributed by atoms with Crippen molar-refractivity contribution in [3.05, 3.63) is 179 Å². The van der Waals surface area contributed by atoms with Gasteiger partial charge in [-0.15, -0.1) is 0 Å². The third-order valence-electron chi connectivity index (χ3n) is 10.7. The molecule has 0 amide bonds.